The van der Waals surface area contributed by atoms with Gasteiger partial charge in [-0.15, -0.1) is 0 Å². The van der Waals surface area contributed by atoms with Crippen molar-refractivity contribution in [2.45, 2.75) is 44.9 Å². The van der Waals surface area contributed by atoms with Gasteiger partial charge in [-0.2, -0.15) is 0 Å². The van der Waals surface area contributed by atoms with E-state index >= 15 is 0 Å². The van der Waals surface area contributed by atoms with Gasteiger partial charge in [-0.3, -0.25) is 9.59 Å². The van der Waals surface area contributed by atoms with E-state index in [0.29, 0.717) is 12.1 Å². The molecule has 2 amide bonds. The van der Waals surface area contributed by atoms with Crippen molar-refractivity contribution in [2.75, 3.05) is 11.9 Å². The molecule has 1 aromatic rings. The first-order valence-electron chi connectivity index (χ1n) is 9.32. The molecular formula is C20H25FN2O2. The normalized spacial score (nSPS) is 32.4. The van der Waals surface area contributed by atoms with Gasteiger partial charge in [0, 0.05) is 12.1 Å². The molecule has 4 aliphatic carbocycles. The average Bonchev–Trinajstić information content (AvgIpc) is 2.53. The number of nitrogens with one attached hydrogen (secondary N) is 2. The second-order valence-corrected chi connectivity index (χ2v) is 8.43. The maximum atomic E-state index is 12.9. The Bertz CT molecular complexity index is 635. The predicted molar refractivity (Wildman–Crippen MR) is 93.3 cm³/mol. The minimum absolute atomic E-state index is 0.0174. The third kappa shape index (κ3) is 3.70. The second-order valence-electron chi connectivity index (χ2n) is 8.43. The molecule has 0 unspecified atom stereocenters. The largest absolute Gasteiger partial charge is 0.347 e. The maximum absolute atomic E-state index is 12.9. The van der Waals surface area contributed by atoms with Gasteiger partial charge < -0.3 is 10.6 Å². The molecule has 0 spiro atoms. The van der Waals surface area contributed by atoms with Crippen LogP contribution in [0.25, 0.3) is 0 Å². The van der Waals surface area contributed by atoms with Gasteiger partial charge in [0.2, 0.25) is 11.8 Å². The highest BCUT2D eigenvalue weighted by Crippen LogP contribution is 2.61. The molecule has 0 atom stereocenters. The van der Waals surface area contributed by atoms with Crippen LogP contribution in [0.4, 0.5) is 10.1 Å². The quantitative estimate of drug-likeness (QED) is 0.859. The summed E-state index contributed by atoms with van der Waals surface area (Å²) in [5.74, 6) is 1.81. The number of carbonyl (C=O) groups is 2. The van der Waals surface area contributed by atoms with Crippen molar-refractivity contribution < 1.29 is 14.0 Å². The molecule has 4 aliphatic rings. The van der Waals surface area contributed by atoms with Crippen molar-refractivity contribution in [1.29, 1.82) is 0 Å². The van der Waals surface area contributed by atoms with E-state index in [1.807, 2.05) is 0 Å². The molecule has 0 heterocycles. The molecule has 5 heteroatoms. The Balaban J connectivity index is 1.26. The molecule has 25 heavy (non-hydrogen) atoms. The number of benzene rings is 1. The summed E-state index contributed by atoms with van der Waals surface area (Å²) in [6, 6.07) is 5.59. The van der Waals surface area contributed by atoms with Crippen LogP contribution in [0.15, 0.2) is 24.3 Å². The molecule has 0 aliphatic heterocycles. The lowest BCUT2D eigenvalue weighted by Crippen LogP contribution is -2.48. The number of amides is 2. The molecule has 4 bridgehead atoms. The zero-order valence-electron chi connectivity index (χ0n) is 14.4. The summed E-state index contributed by atoms with van der Waals surface area (Å²) in [6.07, 6.45) is 8.21. The molecular weight excluding hydrogens is 319 g/mol. The van der Waals surface area contributed by atoms with Gasteiger partial charge in [0.05, 0.1) is 6.54 Å². The van der Waals surface area contributed by atoms with Crippen molar-refractivity contribution in [3.63, 3.8) is 0 Å². The molecule has 0 saturated heterocycles. The van der Waals surface area contributed by atoms with Crippen LogP contribution in [0.3, 0.4) is 0 Å². The van der Waals surface area contributed by atoms with E-state index in [9.17, 15) is 14.0 Å². The van der Waals surface area contributed by atoms with E-state index in [1.165, 1.54) is 62.8 Å². The van der Waals surface area contributed by atoms with E-state index in [4.69, 9.17) is 0 Å². The van der Waals surface area contributed by atoms with E-state index in [1.54, 1.807) is 0 Å². The zero-order valence-corrected chi connectivity index (χ0v) is 14.4. The number of rotatable bonds is 5. The lowest BCUT2D eigenvalue weighted by molar-refractivity contribution is -0.131. The third-order valence-electron chi connectivity index (χ3n) is 6.27. The van der Waals surface area contributed by atoms with Gasteiger partial charge in [-0.25, -0.2) is 4.39 Å². The Morgan fingerprint density at radius 2 is 1.52 bits per heavy atom. The summed E-state index contributed by atoms with van der Waals surface area (Å²) < 4.78 is 12.9. The highest BCUT2D eigenvalue weighted by molar-refractivity contribution is 5.94. The first-order chi connectivity index (χ1) is 12.0. The molecule has 4 fully saturated rings. The summed E-state index contributed by atoms with van der Waals surface area (Å²) in [5.41, 5.74) is 0.716. The molecule has 134 valence electrons. The summed E-state index contributed by atoms with van der Waals surface area (Å²) in [5, 5.41) is 5.43. The van der Waals surface area contributed by atoms with Gasteiger partial charge in [-0.1, -0.05) is 0 Å². The summed E-state index contributed by atoms with van der Waals surface area (Å²) in [4.78, 5) is 24.3. The van der Waals surface area contributed by atoms with Crippen molar-refractivity contribution >= 4 is 17.5 Å². The molecule has 0 aromatic heterocycles. The Labute approximate surface area is 147 Å². The number of hydrogen-bond donors (Lipinski definition) is 2. The standard InChI is InChI=1S/C20H25FN2O2/c21-16-1-3-17(4-2-16)23-19(25)12-22-18(24)11-20-8-13-5-14(9-20)7-15(6-13)10-20/h1-4,13-15H,5-12H2,(H,22,24)(H,23,25). The fourth-order valence-electron chi connectivity index (χ4n) is 5.83. The van der Waals surface area contributed by atoms with Crippen LogP contribution in [0.5, 0.6) is 0 Å². The Morgan fingerprint density at radius 3 is 2.08 bits per heavy atom. The first kappa shape index (κ1) is 16.6. The SMILES string of the molecule is O=C(CC12CC3CC(CC(C3)C1)C2)NCC(=O)Nc1ccc(F)cc1. The second kappa shape index (κ2) is 6.43. The van der Waals surface area contributed by atoms with Gasteiger partial charge in [-0.05, 0) is 86.0 Å². The lowest BCUT2D eigenvalue weighted by atomic mass is 9.49. The monoisotopic (exact) mass is 344 g/mol. The Morgan fingerprint density at radius 1 is 0.960 bits per heavy atom. The van der Waals surface area contributed by atoms with Crippen LogP contribution in [0, 0.1) is 29.0 Å². The van der Waals surface area contributed by atoms with Crippen molar-refractivity contribution in [1.82, 2.24) is 5.32 Å². The van der Waals surface area contributed by atoms with E-state index < -0.39 is 0 Å². The maximum Gasteiger partial charge on any atom is 0.243 e. The first-order valence-corrected chi connectivity index (χ1v) is 9.32. The van der Waals surface area contributed by atoms with Gasteiger partial charge in [0.25, 0.3) is 0 Å². The fraction of sp³-hybridized carbons (Fsp3) is 0.600. The summed E-state index contributed by atoms with van der Waals surface area (Å²) in [6.45, 7) is -0.0391. The predicted octanol–water partition coefficient (Wildman–Crippen LogP) is 3.49. The van der Waals surface area contributed by atoms with Gasteiger partial charge in [0.1, 0.15) is 5.82 Å². The summed E-state index contributed by atoms with van der Waals surface area (Å²) >= 11 is 0. The Hall–Kier alpha value is -1.91. The topological polar surface area (TPSA) is 58.2 Å². The van der Waals surface area contributed by atoms with Crippen molar-refractivity contribution in [3.8, 4) is 0 Å². The average molecular weight is 344 g/mol. The summed E-state index contributed by atoms with van der Waals surface area (Å²) in [7, 11) is 0. The number of carbonyl (C=O) groups excluding carboxylic acids is 2. The van der Waals surface area contributed by atoms with E-state index in [0.717, 1.165) is 17.8 Å². The molecule has 4 nitrogen and oxygen atoms in total. The van der Waals surface area contributed by atoms with Crippen LogP contribution in [-0.2, 0) is 9.59 Å². The molecule has 1 aromatic carbocycles. The molecule has 0 radical (unpaired) electrons. The molecule has 5 rings (SSSR count). The van der Waals surface area contributed by atoms with Crippen LogP contribution in [0.2, 0.25) is 0 Å². The van der Waals surface area contributed by atoms with E-state index in [2.05, 4.69) is 10.6 Å². The zero-order chi connectivity index (χ0) is 17.4. The van der Waals surface area contributed by atoms with Crippen LogP contribution >= 0.6 is 0 Å². The lowest BCUT2D eigenvalue weighted by Gasteiger charge is -2.56. The smallest absolute Gasteiger partial charge is 0.243 e. The Kier molecular flexibility index (Phi) is 4.26. The van der Waals surface area contributed by atoms with Gasteiger partial charge >= 0.3 is 0 Å². The van der Waals surface area contributed by atoms with Crippen molar-refractivity contribution in [2.24, 2.45) is 23.2 Å². The highest BCUT2D eigenvalue weighted by atomic mass is 19.1. The fourth-order valence-corrected chi connectivity index (χ4v) is 5.83. The van der Waals surface area contributed by atoms with Crippen LogP contribution in [0.1, 0.15) is 44.9 Å². The van der Waals surface area contributed by atoms with Gasteiger partial charge in [0.15, 0.2) is 0 Å². The number of halogens is 1. The highest BCUT2D eigenvalue weighted by Gasteiger charge is 2.51. The minimum Gasteiger partial charge on any atom is -0.347 e. The number of anilines is 1. The minimum atomic E-state index is -0.345. The molecule has 2 N–H and O–H groups in total. The van der Waals surface area contributed by atoms with Crippen LogP contribution in [-0.4, -0.2) is 18.4 Å². The van der Waals surface area contributed by atoms with E-state index in [-0.39, 0.29) is 29.6 Å². The molecule has 4 saturated carbocycles. The third-order valence-corrected chi connectivity index (χ3v) is 6.27. The number of hydrogen-bond acceptors (Lipinski definition) is 2. The van der Waals surface area contributed by atoms with Crippen LogP contribution < -0.4 is 10.6 Å². The van der Waals surface area contributed by atoms with Crippen molar-refractivity contribution in [3.05, 3.63) is 30.1 Å².